The van der Waals surface area contributed by atoms with Crippen LogP contribution in [0.3, 0.4) is 0 Å². The molecule has 0 bridgehead atoms. The minimum Gasteiger partial charge on any atom is -0.480 e. The number of carbonyl (C=O) groups excluding carboxylic acids is 2. The number of aliphatic carboxylic acids is 1. The number of thiol groups is 1. The Hall–Kier alpha value is -2.45. The standard InChI is InChI=1S/C22H24N2O4S2/c25-19(26)12-24-21(28)18(14-30-22(24)16-9-5-2-6-10-16)23-20(27)17(13-29)11-15-7-3-1-4-8-15/h1-10,17-18,22,29H,11-14H2,(H,23,27)(H,25,26)/t17-,18-,22-/m1/s1. The summed E-state index contributed by atoms with van der Waals surface area (Å²) in [6.45, 7) is -0.419. The Balaban J connectivity index is 1.71. The van der Waals surface area contributed by atoms with Crippen LogP contribution in [0.25, 0.3) is 0 Å². The summed E-state index contributed by atoms with van der Waals surface area (Å²) in [5.74, 6) is -1.37. The normalized spacial score (nSPS) is 19.9. The molecule has 1 heterocycles. The van der Waals surface area contributed by atoms with Gasteiger partial charge in [0.05, 0.1) is 5.92 Å². The Labute approximate surface area is 185 Å². The summed E-state index contributed by atoms with van der Waals surface area (Å²) in [6.07, 6.45) is 0.524. The van der Waals surface area contributed by atoms with Gasteiger partial charge in [0.25, 0.3) is 0 Å². The topological polar surface area (TPSA) is 86.7 Å². The SMILES string of the molecule is O=C(O)CN1C(=O)[C@H](NC(=O)[C@@H](CS)Cc2ccccc2)CS[C@@H]1c1ccccc1. The zero-order chi connectivity index (χ0) is 21.5. The summed E-state index contributed by atoms with van der Waals surface area (Å²) < 4.78 is 0. The van der Waals surface area contributed by atoms with Gasteiger partial charge in [-0.15, -0.1) is 11.8 Å². The third-order valence-electron chi connectivity index (χ3n) is 4.91. The zero-order valence-electron chi connectivity index (χ0n) is 16.3. The van der Waals surface area contributed by atoms with E-state index in [9.17, 15) is 19.5 Å². The van der Waals surface area contributed by atoms with Gasteiger partial charge in [-0.2, -0.15) is 12.6 Å². The first-order chi connectivity index (χ1) is 14.5. The highest BCUT2D eigenvalue weighted by atomic mass is 32.2. The fraction of sp³-hybridized carbons (Fsp3) is 0.318. The van der Waals surface area contributed by atoms with Crippen molar-refractivity contribution in [2.75, 3.05) is 18.1 Å². The van der Waals surface area contributed by atoms with Crippen molar-refractivity contribution in [3.63, 3.8) is 0 Å². The average molecular weight is 445 g/mol. The Morgan fingerprint density at radius 1 is 1.13 bits per heavy atom. The first kappa shape index (κ1) is 22.2. The molecule has 0 spiro atoms. The van der Waals surface area contributed by atoms with Crippen LogP contribution in [-0.4, -0.2) is 51.9 Å². The van der Waals surface area contributed by atoms with Crippen molar-refractivity contribution < 1.29 is 19.5 Å². The number of hydrogen-bond donors (Lipinski definition) is 3. The van der Waals surface area contributed by atoms with Crippen LogP contribution < -0.4 is 5.32 Å². The molecule has 2 amide bonds. The summed E-state index contributed by atoms with van der Waals surface area (Å²) in [7, 11) is 0. The molecule has 3 rings (SSSR count). The maximum Gasteiger partial charge on any atom is 0.323 e. The number of carboxylic acid groups (broad SMARTS) is 1. The van der Waals surface area contributed by atoms with Crippen molar-refractivity contribution in [1.29, 1.82) is 0 Å². The van der Waals surface area contributed by atoms with Gasteiger partial charge in [0.15, 0.2) is 0 Å². The third-order valence-corrected chi connectivity index (χ3v) is 6.72. The molecule has 2 aromatic carbocycles. The van der Waals surface area contributed by atoms with Crippen LogP contribution in [0.4, 0.5) is 0 Å². The number of benzene rings is 2. The van der Waals surface area contributed by atoms with E-state index in [-0.39, 0.29) is 17.7 Å². The lowest BCUT2D eigenvalue weighted by Crippen LogP contribution is -2.56. The number of nitrogens with zero attached hydrogens (tertiary/aromatic N) is 1. The van der Waals surface area contributed by atoms with Crippen LogP contribution in [0.1, 0.15) is 16.5 Å². The summed E-state index contributed by atoms with van der Waals surface area (Å²) in [4.78, 5) is 38.6. The third kappa shape index (κ3) is 5.58. The first-order valence-corrected chi connectivity index (χ1v) is 11.3. The highest BCUT2D eigenvalue weighted by molar-refractivity contribution is 7.99. The van der Waals surface area contributed by atoms with Crippen LogP contribution in [0.15, 0.2) is 60.7 Å². The van der Waals surface area contributed by atoms with Gasteiger partial charge in [-0.05, 0) is 17.5 Å². The molecule has 6 nitrogen and oxygen atoms in total. The molecule has 158 valence electrons. The summed E-state index contributed by atoms with van der Waals surface area (Å²) >= 11 is 5.76. The Morgan fingerprint density at radius 2 is 1.77 bits per heavy atom. The second kappa shape index (κ2) is 10.5. The van der Waals surface area contributed by atoms with Gasteiger partial charge in [0.1, 0.15) is 18.0 Å². The number of thioether (sulfide) groups is 1. The maximum atomic E-state index is 13.1. The van der Waals surface area contributed by atoms with Crippen molar-refractivity contribution in [2.45, 2.75) is 17.8 Å². The fourth-order valence-corrected chi connectivity index (χ4v) is 5.00. The lowest BCUT2D eigenvalue weighted by Gasteiger charge is -2.38. The molecule has 30 heavy (non-hydrogen) atoms. The number of hydrogen-bond acceptors (Lipinski definition) is 5. The molecule has 1 aliphatic rings. The summed E-state index contributed by atoms with van der Waals surface area (Å²) in [5, 5.41) is 11.7. The van der Waals surface area contributed by atoms with Crippen LogP contribution >= 0.6 is 24.4 Å². The molecule has 2 N–H and O–H groups in total. The molecule has 0 aliphatic carbocycles. The van der Waals surface area contributed by atoms with Crippen LogP contribution in [0.5, 0.6) is 0 Å². The van der Waals surface area contributed by atoms with Crippen molar-refractivity contribution in [1.82, 2.24) is 10.2 Å². The molecule has 0 unspecified atom stereocenters. The van der Waals surface area contributed by atoms with E-state index in [1.165, 1.54) is 16.7 Å². The van der Waals surface area contributed by atoms with Gasteiger partial charge < -0.3 is 15.3 Å². The van der Waals surface area contributed by atoms with Crippen LogP contribution in [0.2, 0.25) is 0 Å². The summed E-state index contributed by atoms with van der Waals surface area (Å²) in [5.41, 5.74) is 1.88. The zero-order valence-corrected chi connectivity index (χ0v) is 18.0. The Bertz CT molecular complexity index is 879. The Kier molecular flexibility index (Phi) is 7.81. The van der Waals surface area contributed by atoms with Gasteiger partial charge in [0, 0.05) is 11.5 Å². The smallest absolute Gasteiger partial charge is 0.323 e. The average Bonchev–Trinajstić information content (AvgIpc) is 2.76. The van der Waals surface area contributed by atoms with E-state index in [0.29, 0.717) is 17.9 Å². The lowest BCUT2D eigenvalue weighted by atomic mass is 10.00. The molecule has 1 saturated heterocycles. The number of carbonyl (C=O) groups is 3. The van der Waals surface area contributed by atoms with Gasteiger partial charge in [-0.1, -0.05) is 60.7 Å². The minimum atomic E-state index is -1.09. The molecule has 0 saturated carbocycles. The predicted octanol–water partition coefficient (Wildman–Crippen LogP) is 2.62. The lowest BCUT2D eigenvalue weighted by molar-refractivity contribution is -0.146. The fourth-order valence-electron chi connectivity index (χ4n) is 3.40. The molecule has 1 fully saturated rings. The quantitative estimate of drug-likeness (QED) is 0.545. The van der Waals surface area contributed by atoms with E-state index in [0.717, 1.165) is 11.1 Å². The monoisotopic (exact) mass is 444 g/mol. The predicted molar refractivity (Wildman–Crippen MR) is 120 cm³/mol. The van der Waals surface area contributed by atoms with E-state index in [2.05, 4.69) is 17.9 Å². The molecule has 0 radical (unpaired) electrons. The van der Waals surface area contributed by atoms with Gasteiger partial charge in [0.2, 0.25) is 11.8 Å². The van der Waals surface area contributed by atoms with Crippen LogP contribution in [0, 0.1) is 5.92 Å². The van der Waals surface area contributed by atoms with Gasteiger partial charge in [-0.25, -0.2) is 0 Å². The van der Waals surface area contributed by atoms with E-state index >= 15 is 0 Å². The van der Waals surface area contributed by atoms with E-state index < -0.39 is 23.9 Å². The molecular formula is C22H24N2O4S2. The first-order valence-electron chi connectivity index (χ1n) is 9.63. The highest BCUT2D eigenvalue weighted by Crippen LogP contribution is 2.37. The van der Waals surface area contributed by atoms with Gasteiger partial charge in [-0.3, -0.25) is 14.4 Å². The minimum absolute atomic E-state index is 0.249. The van der Waals surface area contributed by atoms with Gasteiger partial charge >= 0.3 is 5.97 Å². The molecule has 1 aliphatic heterocycles. The highest BCUT2D eigenvalue weighted by Gasteiger charge is 2.39. The van der Waals surface area contributed by atoms with Crippen molar-refractivity contribution in [2.24, 2.45) is 5.92 Å². The van der Waals surface area contributed by atoms with E-state index in [4.69, 9.17) is 0 Å². The molecular weight excluding hydrogens is 420 g/mol. The molecule has 0 aromatic heterocycles. The van der Waals surface area contributed by atoms with Crippen molar-refractivity contribution >= 4 is 42.2 Å². The largest absolute Gasteiger partial charge is 0.480 e. The second-order valence-corrected chi connectivity index (χ2v) is 8.56. The summed E-state index contributed by atoms with van der Waals surface area (Å²) in [6, 6.07) is 18.2. The van der Waals surface area contributed by atoms with E-state index in [1.54, 1.807) is 0 Å². The molecule has 8 heteroatoms. The Morgan fingerprint density at radius 3 is 2.37 bits per heavy atom. The number of rotatable bonds is 8. The maximum absolute atomic E-state index is 13.1. The van der Waals surface area contributed by atoms with E-state index in [1.807, 2.05) is 60.7 Å². The molecule has 3 atom stereocenters. The van der Waals surface area contributed by atoms with Crippen molar-refractivity contribution in [3.8, 4) is 0 Å². The van der Waals surface area contributed by atoms with Crippen LogP contribution in [-0.2, 0) is 20.8 Å². The number of nitrogens with one attached hydrogen (secondary N) is 1. The molecule has 2 aromatic rings. The number of amides is 2. The second-order valence-electron chi connectivity index (χ2n) is 7.09. The van der Waals surface area contributed by atoms with Crippen molar-refractivity contribution in [3.05, 3.63) is 71.8 Å². The number of carboxylic acids is 1.